The van der Waals surface area contributed by atoms with E-state index < -0.39 is 36.8 Å². The van der Waals surface area contributed by atoms with Crippen molar-refractivity contribution in [3.63, 3.8) is 0 Å². The van der Waals surface area contributed by atoms with Crippen molar-refractivity contribution in [2.24, 2.45) is 0 Å². The molecule has 1 saturated heterocycles. The molecule has 1 unspecified atom stereocenters. The fourth-order valence-corrected chi connectivity index (χ4v) is 1.46. The van der Waals surface area contributed by atoms with Crippen LogP contribution < -0.4 is 0 Å². The third kappa shape index (κ3) is 2.41. The van der Waals surface area contributed by atoms with Crippen LogP contribution in [0.3, 0.4) is 0 Å². The fraction of sp³-hybridized carbons (Fsp3) is 1.00. The van der Waals surface area contributed by atoms with Gasteiger partial charge < -0.3 is 30.3 Å². The third-order valence-electron chi connectivity index (χ3n) is 2.26. The monoisotopic (exact) mass is 208 g/mol. The molecule has 1 aliphatic heterocycles. The van der Waals surface area contributed by atoms with Crippen LogP contribution in [-0.2, 0) is 4.74 Å². The summed E-state index contributed by atoms with van der Waals surface area (Å²) in [5.74, 6) is 0. The minimum atomic E-state index is -1.53. The number of aliphatic hydroxyl groups is 5. The van der Waals surface area contributed by atoms with E-state index in [-0.39, 0.29) is 6.42 Å². The zero-order valence-corrected chi connectivity index (χ0v) is 7.82. The molecule has 6 nitrogen and oxygen atoms in total. The van der Waals surface area contributed by atoms with Crippen molar-refractivity contribution in [2.75, 3.05) is 0 Å². The van der Waals surface area contributed by atoms with Crippen molar-refractivity contribution in [3.05, 3.63) is 0 Å². The van der Waals surface area contributed by atoms with Gasteiger partial charge in [-0.3, -0.25) is 0 Å². The first kappa shape index (κ1) is 11.8. The van der Waals surface area contributed by atoms with E-state index in [1.54, 1.807) is 0 Å². The topological polar surface area (TPSA) is 110 Å². The molecule has 0 spiro atoms. The molecular weight excluding hydrogens is 192 g/mol. The van der Waals surface area contributed by atoms with Crippen LogP contribution >= 0.6 is 0 Å². The van der Waals surface area contributed by atoms with E-state index in [2.05, 4.69) is 0 Å². The summed E-state index contributed by atoms with van der Waals surface area (Å²) in [6.07, 6.45) is -7.31. The smallest absolute Gasteiger partial charge is 0.183 e. The highest BCUT2D eigenvalue weighted by molar-refractivity contribution is 4.88. The van der Waals surface area contributed by atoms with Gasteiger partial charge in [-0.05, 0) is 6.92 Å². The molecule has 6 heteroatoms. The Bertz CT molecular complexity index is 185. The lowest BCUT2D eigenvalue weighted by atomic mass is 9.95. The molecule has 6 atom stereocenters. The molecule has 0 radical (unpaired) electrons. The van der Waals surface area contributed by atoms with Crippen molar-refractivity contribution in [2.45, 2.75) is 50.2 Å². The van der Waals surface area contributed by atoms with Gasteiger partial charge in [0.15, 0.2) is 6.29 Å². The molecule has 0 aliphatic carbocycles. The lowest BCUT2D eigenvalue weighted by Gasteiger charge is -2.38. The summed E-state index contributed by atoms with van der Waals surface area (Å²) in [5.41, 5.74) is 0. The van der Waals surface area contributed by atoms with Crippen LogP contribution in [0.2, 0.25) is 0 Å². The van der Waals surface area contributed by atoms with Gasteiger partial charge in [-0.25, -0.2) is 0 Å². The molecule has 1 rings (SSSR count). The molecule has 0 saturated carbocycles. The first-order valence-electron chi connectivity index (χ1n) is 4.49. The van der Waals surface area contributed by atoms with Gasteiger partial charge in [-0.15, -0.1) is 0 Å². The van der Waals surface area contributed by atoms with Gasteiger partial charge in [0.05, 0.1) is 12.2 Å². The second kappa shape index (κ2) is 4.52. The second-order valence-corrected chi connectivity index (χ2v) is 3.62. The van der Waals surface area contributed by atoms with Crippen LogP contribution in [-0.4, -0.2) is 62.3 Å². The quantitative estimate of drug-likeness (QED) is 0.345. The summed E-state index contributed by atoms with van der Waals surface area (Å²) < 4.78 is 4.83. The Hall–Kier alpha value is -0.240. The van der Waals surface area contributed by atoms with E-state index >= 15 is 0 Å². The number of hydrogen-bond donors (Lipinski definition) is 5. The summed E-state index contributed by atoms with van der Waals surface area (Å²) in [6, 6.07) is 0. The number of rotatable bonds is 2. The van der Waals surface area contributed by atoms with E-state index in [0.29, 0.717) is 0 Å². The Kier molecular flexibility index (Phi) is 3.82. The molecule has 0 bridgehead atoms. The van der Waals surface area contributed by atoms with Gasteiger partial charge in [-0.1, -0.05) is 0 Å². The molecule has 5 N–H and O–H groups in total. The standard InChI is InChI=1S/C8H16O6/c1-3(9)2-4-5(10)6(11)7(12)8(13)14-4/h3-13H,2H2,1H3/t3?,4-,5+,6+,7-,8-/m1/s1. The summed E-state index contributed by atoms with van der Waals surface area (Å²) in [5, 5.41) is 46.0. The second-order valence-electron chi connectivity index (χ2n) is 3.62. The molecule has 0 aromatic carbocycles. The summed E-state index contributed by atoms with van der Waals surface area (Å²) in [6.45, 7) is 1.50. The average Bonchev–Trinajstić information content (AvgIpc) is 2.10. The predicted molar refractivity (Wildman–Crippen MR) is 45.2 cm³/mol. The van der Waals surface area contributed by atoms with Gasteiger partial charge >= 0.3 is 0 Å². The summed E-state index contributed by atoms with van der Waals surface area (Å²) in [4.78, 5) is 0. The van der Waals surface area contributed by atoms with Gasteiger partial charge in [0, 0.05) is 6.42 Å². The number of ether oxygens (including phenoxy) is 1. The van der Waals surface area contributed by atoms with Gasteiger partial charge in [0.1, 0.15) is 18.3 Å². The van der Waals surface area contributed by atoms with Crippen LogP contribution in [0.25, 0.3) is 0 Å². The molecular formula is C8H16O6. The maximum atomic E-state index is 9.42. The Morgan fingerprint density at radius 1 is 1.07 bits per heavy atom. The van der Waals surface area contributed by atoms with Crippen molar-refractivity contribution in [1.29, 1.82) is 0 Å². The largest absolute Gasteiger partial charge is 0.393 e. The normalized spacial score (nSPS) is 46.3. The fourth-order valence-electron chi connectivity index (χ4n) is 1.46. The highest BCUT2D eigenvalue weighted by atomic mass is 16.6. The van der Waals surface area contributed by atoms with Crippen molar-refractivity contribution in [1.82, 2.24) is 0 Å². The number of aliphatic hydroxyl groups excluding tert-OH is 5. The number of hydrogen-bond acceptors (Lipinski definition) is 6. The van der Waals surface area contributed by atoms with Crippen LogP contribution in [0.1, 0.15) is 13.3 Å². The zero-order chi connectivity index (χ0) is 10.9. The van der Waals surface area contributed by atoms with Gasteiger partial charge in [-0.2, -0.15) is 0 Å². The highest BCUT2D eigenvalue weighted by Gasteiger charge is 2.42. The lowest BCUT2D eigenvalue weighted by molar-refractivity contribution is -0.285. The highest BCUT2D eigenvalue weighted by Crippen LogP contribution is 2.22. The molecule has 1 heterocycles. The summed E-state index contributed by atoms with van der Waals surface area (Å²) >= 11 is 0. The average molecular weight is 208 g/mol. The van der Waals surface area contributed by atoms with Crippen LogP contribution in [0, 0.1) is 0 Å². The van der Waals surface area contributed by atoms with Crippen LogP contribution in [0.5, 0.6) is 0 Å². The van der Waals surface area contributed by atoms with Gasteiger partial charge in [0.25, 0.3) is 0 Å². The van der Waals surface area contributed by atoms with Crippen molar-refractivity contribution < 1.29 is 30.3 Å². The van der Waals surface area contributed by atoms with Crippen molar-refractivity contribution >= 4 is 0 Å². The minimum Gasteiger partial charge on any atom is -0.393 e. The molecule has 1 aliphatic rings. The Morgan fingerprint density at radius 3 is 2.14 bits per heavy atom. The Balaban J connectivity index is 2.60. The van der Waals surface area contributed by atoms with E-state index in [0.717, 1.165) is 0 Å². The minimum absolute atomic E-state index is 0.0853. The zero-order valence-electron chi connectivity index (χ0n) is 7.82. The maximum Gasteiger partial charge on any atom is 0.183 e. The third-order valence-corrected chi connectivity index (χ3v) is 2.26. The van der Waals surface area contributed by atoms with E-state index in [1.807, 2.05) is 0 Å². The maximum absolute atomic E-state index is 9.42. The Morgan fingerprint density at radius 2 is 1.64 bits per heavy atom. The SMILES string of the molecule is CC(O)C[C@H]1O[C@@H](O)[C@H](O)[C@@H](O)[C@H]1O. The van der Waals surface area contributed by atoms with Crippen LogP contribution in [0.4, 0.5) is 0 Å². The lowest BCUT2D eigenvalue weighted by Crippen LogP contribution is -2.57. The predicted octanol–water partition coefficient (Wildman–Crippen LogP) is -2.44. The molecule has 0 aromatic heterocycles. The van der Waals surface area contributed by atoms with E-state index in [4.69, 9.17) is 20.1 Å². The van der Waals surface area contributed by atoms with E-state index in [1.165, 1.54) is 6.92 Å². The first-order valence-corrected chi connectivity index (χ1v) is 4.49. The van der Waals surface area contributed by atoms with Crippen LogP contribution in [0.15, 0.2) is 0 Å². The molecule has 14 heavy (non-hydrogen) atoms. The first-order chi connectivity index (χ1) is 6.43. The molecule has 0 aromatic rings. The Labute approximate surface area is 81.4 Å². The van der Waals surface area contributed by atoms with E-state index in [9.17, 15) is 10.2 Å². The molecule has 0 amide bonds. The van der Waals surface area contributed by atoms with Gasteiger partial charge in [0.2, 0.25) is 0 Å². The molecule has 84 valence electrons. The molecule has 1 fully saturated rings. The summed E-state index contributed by atoms with van der Waals surface area (Å²) in [7, 11) is 0. The van der Waals surface area contributed by atoms with Crippen molar-refractivity contribution in [3.8, 4) is 0 Å².